The molecule has 0 spiro atoms. The molecule has 0 radical (unpaired) electrons. The monoisotopic (exact) mass is 441 g/mol. The van der Waals surface area contributed by atoms with Crippen LogP contribution in [0, 0.1) is 10.1 Å². The molecule has 1 amide bonds. The number of thiophene rings is 1. The van der Waals surface area contributed by atoms with Crippen molar-refractivity contribution in [3.8, 4) is 0 Å². The van der Waals surface area contributed by atoms with Gasteiger partial charge in [0, 0.05) is 22.7 Å². The number of rotatable bonds is 6. The number of nitro groups is 1. The summed E-state index contributed by atoms with van der Waals surface area (Å²) in [6, 6.07) is 5.58. The number of hydrogen-bond donors (Lipinski definition) is 1. The molecule has 1 N–H and O–H groups in total. The van der Waals surface area contributed by atoms with E-state index in [9.17, 15) is 19.7 Å². The molecule has 1 aliphatic carbocycles. The summed E-state index contributed by atoms with van der Waals surface area (Å²) in [5.74, 6) is 0.154. The Morgan fingerprint density at radius 2 is 1.97 bits per heavy atom. The van der Waals surface area contributed by atoms with Crippen LogP contribution in [-0.2, 0) is 30.7 Å². The summed E-state index contributed by atoms with van der Waals surface area (Å²) in [6.07, 6.45) is 4.02. The molecule has 0 atom stereocenters. The Bertz CT molecular complexity index is 1210. The molecule has 2 aromatic heterocycles. The second-order valence-electron chi connectivity index (χ2n) is 7.90. The molecule has 1 aromatic carbocycles. The number of nitrogens with zero attached hydrogens (tertiary/aromatic N) is 4. The second kappa shape index (κ2) is 8.56. The zero-order valence-corrected chi connectivity index (χ0v) is 18.2. The van der Waals surface area contributed by atoms with E-state index in [1.165, 1.54) is 33.7 Å². The Morgan fingerprint density at radius 1 is 1.26 bits per heavy atom. The van der Waals surface area contributed by atoms with Gasteiger partial charge in [-0.3, -0.25) is 24.3 Å². The summed E-state index contributed by atoms with van der Waals surface area (Å²) in [7, 11) is 3.77. The van der Waals surface area contributed by atoms with Crippen molar-refractivity contribution in [3.63, 3.8) is 0 Å². The highest BCUT2D eigenvalue weighted by Gasteiger charge is 2.23. The lowest BCUT2D eigenvalue weighted by molar-refractivity contribution is -0.384. The maximum atomic E-state index is 13.4. The van der Waals surface area contributed by atoms with Crippen LogP contribution in [0.25, 0.3) is 10.2 Å². The van der Waals surface area contributed by atoms with E-state index in [0.29, 0.717) is 23.4 Å². The van der Waals surface area contributed by atoms with Gasteiger partial charge in [0.15, 0.2) is 0 Å². The minimum atomic E-state index is -0.499. The molecule has 0 saturated carbocycles. The quantitative estimate of drug-likeness (QED) is 0.465. The fourth-order valence-electron chi connectivity index (χ4n) is 3.86. The minimum absolute atomic E-state index is 0.0561. The molecule has 0 bridgehead atoms. The Labute approximate surface area is 182 Å². The smallest absolute Gasteiger partial charge is 0.269 e. The van der Waals surface area contributed by atoms with Crippen LogP contribution < -0.4 is 10.9 Å². The molecule has 0 unspecified atom stereocenters. The van der Waals surface area contributed by atoms with Crippen molar-refractivity contribution >= 4 is 38.8 Å². The van der Waals surface area contributed by atoms with E-state index in [2.05, 4.69) is 5.32 Å². The summed E-state index contributed by atoms with van der Waals surface area (Å²) < 4.78 is 1.45. The van der Waals surface area contributed by atoms with Crippen LogP contribution in [-0.4, -0.2) is 39.4 Å². The van der Waals surface area contributed by atoms with Crippen LogP contribution in [0.5, 0.6) is 0 Å². The van der Waals surface area contributed by atoms with Crippen LogP contribution in [0.2, 0.25) is 0 Å². The first kappa shape index (κ1) is 21.1. The molecular weight excluding hydrogens is 418 g/mol. The van der Waals surface area contributed by atoms with Gasteiger partial charge in [0.05, 0.1) is 16.9 Å². The average Bonchev–Trinajstić information content (AvgIpc) is 3.09. The van der Waals surface area contributed by atoms with E-state index in [0.717, 1.165) is 36.1 Å². The molecule has 3 aromatic rings. The van der Waals surface area contributed by atoms with Crippen molar-refractivity contribution in [2.75, 3.05) is 19.4 Å². The molecule has 0 fully saturated rings. The molecule has 4 rings (SSSR count). The lowest BCUT2D eigenvalue weighted by Gasteiger charge is -2.16. The SMILES string of the molecule is CN(C)Cc1nc2sc3c(c2c(=O)n1CC(=O)Nc1ccc([N+](=O)[O-])cc1)CCCC3. The molecule has 0 saturated heterocycles. The fourth-order valence-corrected chi connectivity index (χ4v) is 5.13. The number of hydrogen-bond acceptors (Lipinski definition) is 7. The largest absolute Gasteiger partial charge is 0.325 e. The topological polar surface area (TPSA) is 110 Å². The van der Waals surface area contributed by atoms with Gasteiger partial charge in [0.1, 0.15) is 17.2 Å². The fraction of sp³-hybridized carbons (Fsp3) is 0.381. The number of anilines is 1. The third kappa shape index (κ3) is 4.35. The number of non-ortho nitro benzene ring substituents is 1. The lowest BCUT2D eigenvalue weighted by Crippen LogP contribution is -2.33. The van der Waals surface area contributed by atoms with E-state index in [4.69, 9.17) is 4.98 Å². The highest BCUT2D eigenvalue weighted by atomic mass is 32.1. The lowest BCUT2D eigenvalue weighted by atomic mass is 9.97. The van der Waals surface area contributed by atoms with E-state index in [-0.39, 0.29) is 23.7 Å². The standard InChI is InChI=1S/C21H23N5O4S/c1-24(2)11-17-23-20-19(15-5-3-4-6-16(15)31-20)21(28)25(17)12-18(27)22-13-7-9-14(10-8-13)26(29)30/h7-10H,3-6,11-12H2,1-2H3,(H,22,27). The Kier molecular flexibility index (Phi) is 5.84. The van der Waals surface area contributed by atoms with Gasteiger partial charge < -0.3 is 10.2 Å². The third-order valence-electron chi connectivity index (χ3n) is 5.28. The van der Waals surface area contributed by atoms with Gasteiger partial charge in [-0.1, -0.05) is 0 Å². The number of nitrogens with one attached hydrogen (secondary N) is 1. The number of carbonyl (C=O) groups excluding carboxylic acids is 1. The molecule has 2 heterocycles. The summed E-state index contributed by atoms with van der Waals surface area (Å²) in [5.41, 5.74) is 1.28. The van der Waals surface area contributed by atoms with Crippen LogP contribution in [0.15, 0.2) is 29.1 Å². The van der Waals surface area contributed by atoms with Crippen molar-refractivity contribution < 1.29 is 9.72 Å². The van der Waals surface area contributed by atoms with E-state index in [1.54, 1.807) is 11.3 Å². The number of carbonyl (C=O) groups is 1. The number of aromatic nitrogens is 2. The highest BCUT2D eigenvalue weighted by molar-refractivity contribution is 7.18. The predicted octanol–water partition coefficient (Wildman–Crippen LogP) is 2.95. The van der Waals surface area contributed by atoms with E-state index in [1.807, 2.05) is 19.0 Å². The zero-order valence-electron chi connectivity index (χ0n) is 17.4. The van der Waals surface area contributed by atoms with Crippen LogP contribution in [0.3, 0.4) is 0 Å². The van der Waals surface area contributed by atoms with Gasteiger partial charge in [-0.25, -0.2) is 4.98 Å². The number of fused-ring (bicyclic) bond motifs is 3. The first-order chi connectivity index (χ1) is 14.8. The first-order valence-corrected chi connectivity index (χ1v) is 10.9. The number of benzene rings is 1. The van der Waals surface area contributed by atoms with Crippen LogP contribution in [0.1, 0.15) is 29.1 Å². The van der Waals surface area contributed by atoms with E-state index < -0.39 is 4.92 Å². The maximum Gasteiger partial charge on any atom is 0.269 e. The Morgan fingerprint density at radius 3 is 2.65 bits per heavy atom. The zero-order chi connectivity index (χ0) is 22.1. The van der Waals surface area contributed by atoms with E-state index >= 15 is 0 Å². The van der Waals surface area contributed by atoms with Crippen molar-refractivity contribution in [2.24, 2.45) is 0 Å². The average molecular weight is 442 g/mol. The van der Waals surface area contributed by atoms with Gasteiger partial charge >= 0.3 is 0 Å². The van der Waals surface area contributed by atoms with Gasteiger partial charge in [-0.05, 0) is 57.5 Å². The molecule has 0 aliphatic heterocycles. The number of nitro benzene ring substituents is 1. The Balaban J connectivity index is 1.67. The van der Waals surface area contributed by atoms with Crippen LogP contribution >= 0.6 is 11.3 Å². The Hall–Kier alpha value is -3.11. The molecule has 10 heteroatoms. The minimum Gasteiger partial charge on any atom is -0.325 e. The van der Waals surface area contributed by atoms with Crippen molar-refractivity contribution in [2.45, 2.75) is 38.8 Å². The molecule has 9 nitrogen and oxygen atoms in total. The third-order valence-corrected chi connectivity index (χ3v) is 6.46. The van der Waals surface area contributed by atoms with Gasteiger partial charge in [-0.2, -0.15) is 0 Å². The van der Waals surface area contributed by atoms with Crippen molar-refractivity contribution in [1.29, 1.82) is 0 Å². The molecule has 162 valence electrons. The van der Waals surface area contributed by atoms with Gasteiger partial charge in [-0.15, -0.1) is 11.3 Å². The second-order valence-corrected chi connectivity index (χ2v) is 8.98. The number of amides is 1. The summed E-state index contributed by atoms with van der Waals surface area (Å²) >= 11 is 1.59. The van der Waals surface area contributed by atoms with Gasteiger partial charge in [0.2, 0.25) is 5.91 Å². The predicted molar refractivity (Wildman–Crippen MR) is 120 cm³/mol. The number of aryl methyl sites for hydroxylation is 2. The molecular formula is C21H23N5O4S. The first-order valence-electron chi connectivity index (χ1n) is 10.1. The summed E-state index contributed by atoms with van der Waals surface area (Å²) in [6.45, 7) is 0.255. The van der Waals surface area contributed by atoms with Crippen molar-refractivity contribution in [1.82, 2.24) is 14.5 Å². The normalized spacial score (nSPS) is 13.4. The molecule has 31 heavy (non-hydrogen) atoms. The highest BCUT2D eigenvalue weighted by Crippen LogP contribution is 2.33. The summed E-state index contributed by atoms with van der Waals surface area (Å²) in [4.78, 5) is 45.1. The van der Waals surface area contributed by atoms with Gasteiger partial charge in [0.25, 0.3) is 11.2 Å². The maximum absolute atomic E-state index is 13.4. The molecule has 1 aliphatic rings. The van der Waals surface area contributed by atoms with Crippen LogP contribution in [0.4, 0.5) is 11.4 Å². The summed E-state index contributed by atoms with van der Waals surface area (Å²) in [5, 5.41) is 14.1. The van der Waals surface area contributed by atoms with Crippen molar-refractivity contribution in [3.05, 3.63) is 61.0 Å².